The molecule has 78 valence electrons. The molecule has 0 amide bonds. The van der Waals surface area contributed by atoms with Gasteiger partial charge in [0.1, 0.15) is 17.9 Å². The highest BCUT2D eigenvalue weighted by molar-refractivity contribution is 9.10. The first-order valence-corrected chi connectivity index (χ1v) is 5.42. The highest BCUT2D eigenvalue weighted by Crippen LogP contribution is 2.33. The number of fused-ring (bicyclic) bond motifs is 1. The van der Waals surface area contributed by atoms with E-state index in [1.807, 2.05) is 25.1 Å². The lowest BCUT2D eigenvalue weighted by molar-refractivity contribution is 0.205. The molecule has 0 N–H and O–H groups in total. The van der Waals surface area contributed by atoms with Gasteiger partial charge in [0.25, 0.3) is 0 Å². The summed E-state index contributed by atoms with van der Waals surface area (Å²) in [4.78, 5) is 14.1. The molecule has 0 spiro atoms. The van der Waals surface area contributed by atoms with E-state index in [0.717, 1.165) is 15.8 Å². The van der Waals surface area contributed by atoms with E-state index in [1.54, 1.807) is 6.08 Å². The Morgan fingerprint density at radius 3 is 3.13 bits per heavy atom. The van der Waals surface area contributed by atoms with Gasteiger partial charge in [0.2, 0.25) is 6.08 Å². The average molecular weight is 268 g/mol. The molecule has 0 aliphatic carbocycles. The van der Waals surface area contributed by atoms with Crippen LogP contribution in [0.5, 0.6) is 5.75 Å². The van der Waals surface area contributed by atoms with Gasteiger partial charge in [0.15, 0.2) is 0 Å². The van der Waals surface area contributed by atoms with Crippen LogP contribution in [0.4, 0.5) is 0 Å². The second-order valence-corrected chi connectivity index (χ2v) is 4.83. The quantitative estimate of drug-likeness (QED) is 0.579. The van der Waals surface area contributed by atoms with E-state index >= 15 is 0 Å². The summed E-state index contributed by atoms with van der Waals surface area (Å²) in [5.74, 6) is 0.864. The summed E-state index contributed by atoms with van der Waals surface area (Å²) in [6.45, 7) is 2.31. The number of aliphatic imine (C=N–C) groups is 1. The smallest absolute Gasteiger partial charge is 0.235 e. The van der Waals surface area contributed by atoms with Gasteiger partial charge in [-0.2, -0.15) is 4.99 Å². The molecule has 1 heterocycles. The summed E-state index contributed by atoms with van der Waals surface area (Å²) in [5, 5.41) is 0. The van der Waals surface area contributed by atoms with Gasteiger partial charge in [-0.15, -0.1) is 0 Å². The lowest BCUT2D eigenvalue weighted by Gasteiger charge is -2.30. The lowest BCUT2D eigenvalue weighted by atomic mass is 9.91. The number of benzene rings is 1. The third-order valence-electron chi connectivity index (χ3n) is 2.45. The van der Waals surface area contributed by atoms with Gasteiger partial charge in [0, 0.05) is 10.9 Å². The van der Waals surface area contributed by atoms with E-state index in [2.05, 4.69) is 20.9 Å². The van der Waals surface area contributed by atoms with Gasteiger partial charge in [-0.05, 0) is 24.6 Å². The van der Waals surface area contributed by atoms with E-state index in [1.165, 1.54) is 0 Å². The predicted molar refractivity (Wildman–Crippen MR) is 59.9 cm³/mol. The van der Waals surface area contributed by atoms with E-state index in [4.69, 9.17) is 4.74 Å². The van der Waals surface area contributed by atoms with Gasteiger partial charge >= 0.3 is 0 Å². The van der Waals surface area contributed by atoms with Crippen LogP contribution in [0.2, 0.25) is 0 Å². The van der Waals surface area contributed by atoms with Crippen molar-refractivity contribution >= 4 is 22.0 Å². The normalized spacial score (nSPS) is 23.6. The maximum absolute atomic E-state index is 10.3. The summed E-state index contributed by atoms with van der Waals surface area (Å²) >= 11 is 3.38. The van der Waals surface area contributed by atoms with E-state index in [-0.39, 0.29) is 0 Å². The van der Waals surface area contributed by atoms with Gasteiger partial charge < -0.3 is 4.74 Å². The molecule has 1 aromatic rings. The molecule has 1 unspecified atom stereocenters. The fraction of sp³-hybridized carbons (Fsp3) is 0.364. The minimum absolute atomic E-state index is 0.422. The molecule has 0 saturated heterocycles. The van der Waals surface area contributed by atoms with Crippen LogP contribution in [0.25, 0.3) is 0 Å². The van der Waals surface area contributed by atoms with E-state index in [0.29, 0.717) is 13.0 Å². The number of hydrogen-bond acceptors (Lipinski definition) is 3. The summed E-state index contributed by atoms with van der Waals surface area (Å²) in [7, 11) is 0. The maximum atomic E-state index is 10.3. The number of ether oxygens (including phenoxy) is 1. The number of halogens is 1. The maximum Gasteiger partial charge on any atom is 0.235 e. The Balaban J connectivity index is 2.35. The largest absolute Gasteiger partial charge is 0.491 e. The van der Waals surface area contributed by atoms with Crippen molar-refractivity contribution in [3.8, 4) is 5.75 Å². The van der Waals surface area contributed by atoms with Crippen molar-refractivity contribution in [2.45, 2.75) is 18.9 Å². The van der Waals surface area contributed by atoms with Crippen LogP contribution in [0, 0.1) is 0 Å². The van der Waals surface area contributed by atoms with Crippen LogP contribution in [-0.4, -0.2) is 18.2 Å². The van der Waals surface area contributed by atoms with Crippen molar-refractivity contribution < 1.29 is 9.53 Å². The van der Waals surface area contributed by atoms with Gasteiger partial charge in [-0.3, -0.25) is 0 Å². The molecular formula is C11H10BrNO2. The van der Waals surface area contributed by atoms with E-state index in [9.17, 15) is 4.79 Å². The molecule has 0 aromatic heterocycles. The van der Waals surface area contributed by atoms with Crippen molar-refractivity contribution in [2.75, 3.05) is 6.61 Å². The van der Waals surface area contributed by atoms with Crippen molar-refractivity contribution in [3.05, 3.63) is 28.2 Å². The van der Waals surface area contributed by atoms with Crippen molar-refractivity contribution in [1.29, 1.82) is 0 Å². The molecule has 1 atom stereocenters. The number of rotatable bonds is 1. The monoisotopic (exact) mass is 267 g/mol. The Labute approximate surface area is 96.3 Å². The molecular weight excluding hydrogens is 258 g/mol. The Morgan fingerprint density at radius 2 is 2.40 bits per heavy atom. The summed E-state index contributed by atoms with van der Waals surface area (Å²) in [5.41, 5.74) is 0.605. The van der Waals surface area contributed by atoms with Gasteiger partial charge in [-0.1, -0.05) is 22.0 Å². The van der Waals surface area contributed by atoms with Crippen molar-refractivity contribution in [2.24, 2.45) is 4.99 Å². The first kappa shape index (κ1) is 10.4. The Morgan fingerprint density at radius 1 is 1.60 bits per heavy atom. The predicted octanol–water partition coefficient (Wildman–Crippen LogP) is 2.48. The number of carbonyl (C=O) groups excluding carboxylic acids is 1. The molecule has 1 aromatic carbocycles. The van der Waals surface area contributed by atoms with Gasteiger partial charge in [-0.25, -0.2) is 4.79 Å². The first-order valence-electron chi connectivity index (χ1n) is 4.63. The Hall–Kier alpha value is -1.12. The van der Waals surface area contributed by atoms with E-state index < -0.39 is 5.54 Å². The zero-order valence-corrected chi connectivity index (χ0v) is 9.87. The number of nitrogens with zero attached hydrogens (tertiary/aromatic N) is 1. The number of hydrogen-bond donors (Lipinski definition) is 0. The topological polar surface area (TPSA) is 38.7 Å². The van der Waals surface area contributed by atoms with Crippen LogP contribution in [-0.2, 0) is 11.2 Å². The third kappa shape index (κ3) is 2.11. The summed E-state index contributed by atoms with van der Waals surface area (Å²) < 4.78 is 6.56. The van der Waals surface area contributed by atoms with Crippen LogP contribution >= 0.6 is 15.9 Å². The molecule has 0 bridgehead atoms. The van der Waals surface area contributed by atoms with Crippen LogP contribution in [0.15, 0.2) is 27.7 Å². The summed E-state index contributed by atoms with van der Waals surface area (Å²) in [6, 6.07) is 5.87. The third-order valence-corrected chi connectivity index (χ3v) is 2.95. The van der Waals surface area contributed by atoms with Crippen LogP contribution in [0.3, 0.4) is 0 Å². The highest BCUT2D eigenvalue weighted by Gasteiger charge is 2.31. The fourth-order valence-corrected chi connectivity index (χ4v) is 2.03. The standard InChI is InChI=1S/C11H10BrNO2/c1-11(13-7-14)5-8-2-3-9(12)4-10(8)15-6-11/h2-4H,5-6H2,1H3. The molecule has 2 rings (SSSR count). The van der Waals surface area contributed by atoms with Crippen molar-refractivity contribution in [1.82, 2.24) is 0 Å². The lowest BCUT2D eigenvalue weighted by Crippen LogP contribution is -2.36. The van der Waals surface area contributed by atoms with Crippen molar-refractivity contribution in [3.63, 3.8) is 0 Å². The first-order chi connectivity index (χ1) is 7.13. The molecule has 3 nitrogen and oxygen atoms in total. The number of isocyanates is 1. The molecule has 4 heteroatoms. The second-order valence-electron chi connectivity index (χ2n) is 3.92. The molecule has 1 aliphatic rings. The molecule has 1 aliphatic heterocycles. The molecule has 0 radical (unpaired) electrons. The van der Waals surface area contributed by atoms with Crippen LogP contribution in [0.1, 0.15) is 12.5 Å². The zero-order valence-electron chi connectivity index (χ0n) is 8.29. The molecule has 0 fully saturated rings. The second kappa shape index (κ2) is 3.80. The fourth-order valence-electron chi connectivity index (χ4n) is 1.69. The Kier molecular flexibility index (Phi) is 2.63. The van der Waals surface area contributed by atoms with Crippen LogP contribution < -0.4 is 4.74 Å². The SMILES string of the molecule is CC1(N=C=O)COc2cc(Br)ccc2C1. The molecule has 15 heavy (non-hydrogen) atoms. The summed E-state index contributed by atoms with van der Waals surface area (Å²) in [6.07, 6.45) is 2.32. The average Bonchev–Trinajstić information content (AvgIpc) is 2.19. The Bertz CT molecular complexity index is 440. The minimum atomic E-state index is -0.470. The zero-order chi connectivity index (χ0) is 10.9. The highest BCUT2D eigenvalue weighted by atomic mass is 79.9. The minimum Gasteiger partial charge on any atom is -0.491 e. The molecule has 0 saturated carbocycles. The van der Waals surface area contributed by atoms with Gasteiger partial charge in [0.05, 0.1) is 0 Å².